The molecule has 0 bridgehead atoms. The maximum Gasteiger partial charge on any atom is 0.335 e. The molecule has 5 heteroatoms. The zero-order valence-electron chi connectivity index (χ0n) is 12.1. The molecule has 1 amide bonds. The molecule has 0 atom stereocenters. The van der Waals surface area contributed by atoms with Gasteiger partial charge < -0.3 is 16.2 Å². The normalized spacial score (nSPS) is 17.2. The highest BCUT2D eigenvalue weighted by molar-refractivity contribution is 5.87. The monoisotopic (exact) mass is 290 g/mol. The highest BCUT2D eigenvalue weighted by atomic mass is 16.4. The van der Waals surface area contributed by atoms with Crippen LogP contribution >= 0.6 is 0 Å². The van der Waals surface area contributed by atoms with Gasteiger partial charge in [-0.3, -0.25) is 4.79 Å². The van der Waals surface area contributed by atoms with Gasteiger partial charge in [0, 0.05) is 13.1 Å². The van der Waals surface area contributed by atoms with E-state index >= 15 is 0 Å². The van der Waals surface area contributed by atoms with E-state index in [4.69, 9.17) is 10.8 Å². The molecule has 1 fully saturated rings. The third-order valence-corrected chi connectivity index (χ3v) is 4.31. The van der Waals surface area contributed by atoms with Crippen molar-refractivity contribution in [1.82, 2.24) is 5.32 Å². The Hall–Kier alpha value is -1.88. The van der Waals surface area contributed by atoms with Gasteiger partial charge in [-0.15, -0.1) is 0 Å². The molecule has 0 saturated heterocycles. The molecule has 5 nitrogen and oxygen atoms in total. The lowest BCUT2D eigenvalue weighted by Crippen LogP contribution is -2.46. The largest absolute Gasteiger partial charge is 0.478 e. The maximum atomic E-state index is 12.4. The molecule has 0 unspecified atom stereocenters. The highest BCUT2D eigenvalue weighted by Gasteiger charge is 2.37. The van der Waals surface area contributed by atoms with Crippen LogP contribution in [0.4, 0.5) is 0 Å². The van der Waals surface area contributed by atoms with Crippen molar-refractivity contribution < 1.29 is 14.7 Å². The van der Waals surface area contributed by atoms with Crippen LogP contribution in [-0.4, -0.2) is 23.5 Å². The van der Waals surface area contributed by atoms with Crippen molar-refractivity contribution in [3.63, 3.8) is 0 Å². The zero-order valence-corrected chi connectivity index (χ0v) is 12.1. The number of aromatic carboxylic acids is 1. The summed E-state index contributed by atoms with van der Waals surface area (Å²) in [6.45, 7) is 0.704. The van der Waals surface area contributed by atoms with Gasteiger partial charge in [0.15, 0.2) is 0 Å². The van der Waals surface area contributed by atoms with E-state index < -0.39 is 11.4 Å². The van der Waals surface area contributed by atoms with E-state index in [1.807, 2.05) is 6.07 Å². The van der Waals surface area contributed by atoms with Gasteiger partial charge >= 0.3 is 5.97 Å². The fourth-order valence-electron chi connectivity index (χ4n) is 2.94. The second-order valence-corrected chi connectivity index (χ2v) is 5.73. The first-order valence-corrected chi connectivity index (χ1v) is 7.38. The number of carbonyl (C=O) groups is 2. The molecule has 1 saturated carbocycles. The molecule has 1 aliphatic carbocycles. The minimum absolute atomic E-state index is 0.00886. The minimum atomic E-state index is -0.964. The maximum absolute atomic E-state index is 12.4. The molecule has 0 aromatic heterocycles. The molecule has 1 aromatic carbocycles. The molecule has 1 aliphatic rings. The van der Waals surface area contributed by atoms with Crippen LogP contribution < -0.4 is 11.1 Å². The molecule has 0 radical (unpaired) electrons. The van der Waals surface area contributed by atoms with Gasteiger partial charge in [-0.2, -0.15) is 0 Å². The predicted octanol–water partition coefficient (Wildman–Crippen LogP) is 1.91. The number of nitrogens with two attached hydrogens (primary N) is 1. The second kappa shape index (κ2) is 6.72. The highest BCUT2D eigenvalue weighted by Crippen LogP contribution is 2.35. The van der Waals surface area contributed by atoms with Crippen LogP contribution in [-0.2, 0) is 11.3 Å². The van der Waals surface area contributed by atoms with Gasteiger partial charge in [-0.25, -0.2) is 4.79 Å². The van der Waals surface area contributed by atoms with Gasteiger partial charge in [-0.1, -0.05) is 31.4 Å². The Morgan fingerprint density at radius 1 is 1.24 bits per heavy atom. The van der Waals surface area contributed by atoms with Crippen molar-refractivity contribution in [2.75, 3.05) is 6.54 Å². The third-order valence-electron chi connectivity index (χ3n) is 4.31. The molecule has 0 aliphatic heterocycles. The molecular weight excluding hydrogens is 268 g/mol. The summed E-state index contributed by atoms with van der Waals surface area (Å²) in [4.78, 5) is 23.4. The first kappa shape index (κ1) is 15.5. The lowest BCUT2D eigenvalue weighted by molar-refractivity contribution is -0.132. The summed E-state index contributed by atoms with van der Waals surface area (Å²) in [6, 6.07) is 6.61. The summed E-state index contributed by atoms with van der Waals surface area (Å²) in [6.07, 6.45) is 4.92. The van der Waals surface area contributed by atoms with E-state index in [9.17, 15) is 9.59 Å². The lowest BCUT2D eigenvalue weighted by atomic mass is 9.73. The summed E-state index contributed by atoms with van der Waals surface area (Å²) in [5.74, 6) is -0.973. The number of carboxylic acids is 1. The summed E-state index contributed by atoms with van der Waals surface area (Å²) in [5.41, 5.74) is 6.40. The predicted molar refractivity (Wildman–Crippen MR) is 79.8 cm³/mol. The summed E-state index contributed by atoms with van der Waals surface area (Å²) in [5, 5.41) is 11.9. The van der Waals surface area contributed by atoms with E-state index in [0.717, 1.165) is 37.7 Å². The average molecular weight is 290 g/mol. The number of hydrogen-bond acceptors (Lipinski definition) is 3. The van der Waals surface area contributed by atoms with E-state index in [-0.39, 0.29) is 11.5 Å². The first-order valence-electron chi connectivity index (χ1n) is 7.38. The Balaban J connectivity index is 2.00. The Morgan fingerprint density at radius 2 is 1.95 bits per heavy atom. The summed E-state index contributed by atoms with van der Waals surface area (Å²) in [7, 11) is 0. The number of nitrogens with one attached hydrogen (secondary N) is 1. The van der Waals surface area contributed by atoms with Crippen molar-refractivity contribution in [1.29, 1.82) is 0 Å². The first-order chi connectivity index (χ1) is 10.1. The van der Waals surface area contributed by atoms with Gasteiger partial charge in [0.1, 0.15) is 0 Å². The van der Waals surface area contributed by atoms with Crippen molar-refractivity contribution in [3.8, 4) is 0 Å². The molecule has 114 valence electrons. The summed E-state index contributed by atoms with van der Waals surface area (Å²) < 4.78 is 0. The van der Waals surface area contributed by atoms with Crippen LogP contribution in [0.25, 0.3) is 0 Å². The minimum Gasteiger partial charge on any atom is -0.478 e. The fraction of sp³-hybridized carbons (Fsp3) is 0.500. The number of benzene rings is 1. The standard InChI is InChI=1S/C16H22N2O3/c17-11-16(7-2-1-3-8-16)15(21)18-10-12-5-4-6-13(9-12)14(19)20/h4-6,9H,1-3,7-8,10-11,17H2,(H,18,21)(H,19,20). The van der Waals surface area contributed by atoms with E-state index in [1.165, 1.54) is 6.07 Å². The quantitative estimate of drug-likeness (QED) is 0.772. The number of amides is 1. The van der Waals surface area contributed by atoms with Crippen LogP contribution in [0.5, 0.6) is 0 Å². The van der Waals surface area contributed by atoms with Crippen LogP contribution in [0, 0.1) is 5.41 Å². The number of hydrogen-bond donors (Lipinski definition) is 3. The summed E-state index contributed by atoms with van der Waals surface area (Å²) >= 11 is 0. The molecule has 0 spiro atoms. The number of carbonyl (C=O) groups excluding carboxylic acids is 1. The van der Waals surface area contributed by atoms with Crippen LogP contribution in [0.1, 0.15) is 48.0 Å². The van der Waals surface area contributed by atoms with E-state index in [2.05, 4.69) is 5.32 Å². The van der Waals surface area contributed by atoms with E-state index in [1.54, 1.807) is 12.1 Å². The van der Waals surface area contributed by atoms with Gasteiger partial charge in [0.2, 0.25) is 5.91 Å². The Bertz CT molecular complexity index is 522. The molecule has 4 N–H and O–H groups in total. The smallest absolute Gasteiger partial charge is 0.335 e. The third kappa shape index (κ3) is 3.61. The van der Waals surface area contributed by atoms with Gasteiger partial charge in [0.25, 0.3) is 0 Å². The fourth-order valence-corrected chi connectivity index (χ4v) is 2.94. The average Bonchev–Trinajstić information content (AvgIpc) is 2.53. The van der Waals surface area contributed by atoms with E-state index in [0.29, 0.717) is 13.1 Å². The number of carboxylic acid groups (broad SMARTS) is 1. The molecule has 0 heterocycles. The van der Waals surface area contributed by atoms with Crippen LogP contribution in [0.2, 0.25) is 0 Å². The Morgan fingerprint density at radius 3 is 2.57 bits per heavy atom. The SMILES string of the molecule is NCC1(C(=O)NCc2cccc(C(=O)O)c2)CCCCC1. The zero-order chi connectivity index (χ0) is 15.3. The Labute approximate surface area is 124 Å². The van der Waals surface area contributed by atoms with Crippen molar-refractivity contribution in [2.24, 2.45) is 11.1 Å². The van der Waals surface area contributed by atoms with Crippen molar-refractivity contribution >= 4 is 11.9 Å². The molecule has 1 aromatic rings. The Kier molecular flexibility index (Phi) is 4.96. The van der Waals surface area contributed by atoms with Gasteiger partial charge in [0.05, 0.1) is 11.0 Å². The van der Waals surface area contributed by atoms with Crippen molar-refractivity contribution in [2.45, 2.75) is 38.6 Å². The second-order valence-electron chi connectivity index (χ2n) is 5.73. The van der Waals surface area contributed by atoms with Crippen LogP contribution in [0.3, 0.4) is 0 Å². The molecule has 21 heavy (non-hydrogen) atoms. The van der Waals surface area contributed by atoms with Gasteiger partial charge in [-0.05, 0) is 30.5 Å². The van der Waals surface area contributed by atoms with Crippen LogP contribution in [0.15, 0.2) is 24.3 Å². The topological polar surface area (TPSA) is 92.4 Å². The lowest BCUT2D eigenvalue weighted by Gasteiger charge is -2.34. The molecule has 2 rings (SSSR count). The van der Waals surface area contributed by atoms with Crippen molar-refractivity contribution in [3.05, 3.63) is 35.4 Å². The number of rotatable bonds is 5. The molecular formula is C16H22N2O3.